The zero-order chi connectivity index (χ0) is 17.2. The second kappa shape index (κ2) is 6.62. The Morgan fingerprint density at radius 3 is 2.35 bits per heavy atom. The number of nitrogens with zero attached hydrogens (tertiary/aromatic N) is 1. The average molecular weight is 387 g/mol. The van der Waals surface area contributed by atoms with E-state index in [9.17, 15) is 18.0 Å². The minimum Gasteiger partial charge on any atom is -0.376 e. The molecule has 0 atom stereocenters. The molecule has 23 heavy (non-hydrogen) atoms. The lowest BCUT2D eigenvalue weighted by Gasteiger charge is -2.20. The van der Waals surface area contributed by atoms with Gasteiger partial charge in [-0.2, -0.15) is 13.2 Å². The second-order valence-electron chi connectivity index (χ2n) is 5.06. The van der Waals surface area contributed by atoms with E-state index in [0.717, 1.165) is 12.1 Å². The molecular formula is C16H14BrF3N2O. The van der Waals surface area contributed by atoms with Gasteiger partial charge in [-0.15, -0.1) is 0 Å². The van der Waals surface area contributed by atoms with Crippen molar-refractivity contribution in [1.82, 2.24) is 0 Å². The van der Waals surface area contributed by atoms with Crippen LogP contribution in [0.1, 0.15) is 15.9 Å². The minimum absolute atomic E-state index is 0.102. The van der Waals surface area contributed by atoms with Gasteiger partial charge in [0.1, 0.15) is 0 Å². The number of benzene rings is 2. The monoisotopic (exact) mass is 386 g/mol. The molecule has 0 fully saturated rings. The van der Waals surface area contributed by atoms with Crippen LogP contribution in [0.5, 0.6) is 0 Å². The summed E-state index contributed by atoms with van der Waals surface area (Å²) in [5.74, 6) is -0.486. The van der Waals surface area contributed by atoms with Crippen LogP contribution in [0.25, 0.3) is 0 Å². The van der Waals surface area contributed by atoms with Crippen LogP contribution in [-0.2, 0) is 6.18 Å². The van der Waals surface area contributed by atoms with Crippen LogP contribution in [0.4, 0.5) is 24.5 Å². The number of nitrogens with one attached hydrogen (secondary N) is 1. The average Bonchev–Trinajstić information content (AvgIpc) is 2.46. The normalized spacial score (nSPS) is 11.2. The molecule has 2 rings (SSSR count). The highest BCUT2D eigenvalue weighted by molar-refractivity contribution is 9.10. The van der Waals surface area contributed by atoms with Crippen molar-refractivity contribution in [2.45, 2.75) is 6.18 Å². The molecule has 3 nitrogen and oxygen atoms in total. The standard InChI is InChI=1S/C16H14BrF3N2O/c1-22(2)14-8-7-10(16(18,19)20)9-13(14)21-15(23)11-5-3-4-6-12(11)17/h3-9H,1-2H3,(H,21,23). The third-order valence-corrected chi connectivity index (χ3v) is 3.86. The van der Waals surface area contributed by atoms with E-state index in [-0.39, 0.29) is 5.69 Å². The van der Waals surface area contributed by atoms with Gasteiger partial charge in [-0.1, -0.05) is 12.1 Å². The molecule has 0 heterocycles. The van der Waals surface area contributed by atoms with Crippen LogP contribution in [0.15, 0.2) is 46.9 Å². The topological polar surface area (TPSA) is 32.3 Å². The SMILES string of the molecule is CN(C)c1ccc(C(F)(F)F)cc1NC(=O)c1ccccc1Br. The van der Waals surface area contributed by atoms with Gasteiger partial charge in [-0.25, -0.2) is 0 Å². The molecular weight excluding hydrogens is 373 g/mol. The lowest BCUT2D eigenvalue weighted by molar-refractivity contribution is -0.137. The lowest BCUT2D eigenvalue weighted by atomic mass is 10.1. The molecule has 0 saturated carbocycles. The first kappa shape index (κ1) is 17.3. The minimum atomic E-state index is -4.47. The maximum Gasteiger partial charge on any atom is 0.416 e. The lowest BCUT2D eigenvalue weighted by Crippen LogP contribution is -2.18. The molecule has 1 amide bonds. The van der Waals surface area contributed by atoms with Crippen molar-refractivity contribution in [3.8, 4) is 0 Å². The number of hydrogen-bond donors (Lipinski definition) is 1. The first-order valence-corrected chi connectivity index (χ1v) is 7.44. The van der Waals surface area contributed by atoms with Gasteiger partial charge in [0.15, 0.2) is 0 Å². The number of anilines is 2. The van der Waals surface area contributed by atoms with E-state index in [1.165, 1.54) is 6.07 Å². The van der Waals surface area contributed by atoms with E-state index in [0.29, 0.717) is 15.7 Å². The molecule has 1 N–H and O–H groups in total. The summed E-state index contributed by atoms with van der Waals surface area (Å²) in [7, 11) is 3.38. The van der Waals surface area contributed by atoms with Crippen LogP contribution in [0, 0.1) is 0 Å². The number of carbonyl (C=O) groups excluding carboxylic acids is 1. The fourth-order valence-electron chi connectivity index (χ4n) is 2.04. The zero-order valence-electron chi connectivity index (χ0n) is 12.4. The Morgan fingerprint density at radius 1 is 1.13 bits per heavy atom. The van der Waals surface area contributed by atoms with Crippen LogP contribution < -0.4 is 10.2 Å². The molecule has 0 aliphatic rings. The third kappa shape index (κ3) is 4.04. The summed E-state index contributed by atoms with van der Waals surface area (Å²) in [4.78, 5) is 14.0. The number of amides is 1. The number of carbonyl (C=O) groups is 1. The molecule has 7 heteroatoms. The highest BCUT2D eigenvalue weighted by atomic mass is 79.9. The maximum absolute atomic E-state index is 12.9. The molecule has 0 unspecified atom stereocenters. The van der Waals surface area contributed by atoms with Gasteiger partial charge >= 0.3 is 6.18 Å². The van der Waals surface area contributed by atoms with E-state index in [2.05, 4.69) is 21.2 Å². The van der Waals surface area contributed by atoms with Crippen molar-refractivity contribution in [3.63, 3.8) is 0 Å². The summed E-state index contributed by atoms with van der Waals surface area (Å²) >= 11 is 3.25. The molecule has 0 aliphatic heterocycles. The molecule has 2 aromatic carbocycles. The van der Waals surface area contributed by atoms with E-state index in [4.69, 9.17) is 0 Å². The van der Waals surface area contributed by atoms with Gasteiger partial charge < -0.3 is 10.2 Å². The van der Waals surface area contributed by atoms with Gasteiger partial charge in [0, 0.05) is 18.6 Å². The van der Waals surface area contributed by atoms with Gasteiger partial charge in [-0.05, 0) is 46.3 Å². The first-order chi connectivity index (χ1) is 10.7. The summed E-state index contributed by atoms with van der Waals surface area (Å²) in [6.07, 6.45) is -4.47. The zero-order valence-corrected chi connectivity index (χ0v) is 14.0. The van der Waals surface area contributed by atoms with Crippen LogP contribution in [-0.4, -0.2) is 20.0 Å². The smallest absolute Gasteiger partial charge is 0.376 e. The second-order valence-corrected chi connectivity index (χ2v) is 5.91. The van der Waals surface area contributed by atoms with Gasteiger partial charge in [0.2, 0.25) is 0 Å². The number of hydrogen-bond acceptors (Lipinski definition) is 2. The van der Waals surface area contributed by atoms with Crippen molar-refractivity contribution in [2.75, 3.05) is 24.3 Å². The number of rotatable bonds is 3. The van der Waals surface area contributed by atoms with Crippen molar-refractivity contribution >= 4 is 33.2 Å². The fourth-order valence-corrected chi connectivity index (χ4v) is 2.50. The largest absolute Gasteiger partial charge is 0.416 e. The van der Waals surface area contributed by atoms with Crippen molar-refractivity contribution in [2.24, 2.45) is 0 Å². The maximum atomic E-state index is 12.9. The molecule has 0 aromatic heterocycles. The van der Waals surface area contributed by atoms with Gasteiger partial charge in [-0.3, -0.25) is 4.79 Å². The number of halogens is 4. The van der Waals surface area contributed by atoms with E-state index < -0.39 is 17.6 Å². The summed E-state index contributed by atoms with van der Waals surface area (Å²) < 4.78 is 39.2. The Labute approximate surface area is 140 Å². The van der Waals surface area contributed by atoms with Crippen LogP contribution in [0.3, 0.4) is 0 Å². The third-order valence-electron chi connectivity index (χ3n) is 3.17. The molecule has 122 valence electrons. The summed E-state index contributed by atoms with van der Waals surface area (Å²) in [5.41, 5.74) is 0.115. The Morgan fingerprint density at radius 2 is 1.78 bits per heavy atom. The molecule has 0 saturated heterocycles. The molecule has 0 bridgehead atoms. The summed E-state index contributed by atoms with van der Waals surface area (Å²) in [6, 6.07) is 9.96. The van der Waals surface area contributed by atoms with Crippen molar-refractivity contribution < 1.29 is 18.0 Å². The molecule has 0 radical (unpaired) electrons. The molecule has 0 aliphatic carbocycles. The van der Waals surface area contributed by atoms with Crippen molar-refractivity contribution in [1.29, 1.82) is 0 Å². The summed E-state index contributed by atoms with van der Waals surface area (Å²) in [5, 5.41) is 2.55. The fraction of sp³-hybridized carbons (Fsp3) is 0.188. The predicted molar refractivity (Wildman–Crippen MR) is 87.9 cm³/mol. The van der Waals surface area contributed by atoms with E-state index in [1.54, 1.807) is 43.3 Å². The Bertz CT molecular complexity index is 730. The van der Waals surface area contributed by atoms with Gasteiger partial charge in [0.05, 0.1) is 22.5 Å². The summed E-state index contributed by atoms with van der Waals surface area (Å²) in [6.45, 7) is 0. The number of alkyl halides is 3. The Kier molecular flexibility index (Phi) is 4.99. The van der Waals surface area contributed by atoms with E-state index in [1.807, 2.05) is 0 Å². The highest BCUT2D eigenvalue weighted by Crippen LogP contribution is 2.35. The van der Waals surface area contributed by atoms with Crippen LogP contribution in [0.2, 0.25) is 0 Å². The highest BCUT2D eigenvalue weighted by Gasteiger charge is 2.31. The van der Waals surface area contributed by atoms with Crippen LogP contribution >= 0.6 is 15.9 Å². The van der Waals surface area contributed by atoms with Gasteiger partial charge in [0.25, 0.3) is 5.91 Å². The molecule has 2 aromatic rings. The first-order valence-electron chi connectivity index (χ1n) is 6.64. The Hall–Kier alpha value is -2.02. The predicted octanol–water partition coefficient (Wildman–Crippen LogP) is 4.79. The molecule has 0 spiro atoms. The Balaban J connectivity index is 2.41. The van der Waals surface area contributed by atoms with E-state index >= 15 is 0 Å². The van der Waals surface area contributed by atoms with Crippen molar-refractivity contribution in [3.05, 3.63) is 58.1 Å². The quantitative estimate of drug-likeness (QED) is 0.822.